The average molecular weight is 386 g/mol. The molecule has 142 valence electrons. The lowest BCUT2D eigenvalue weighted by molar-refractivity contribution is -0.127. The first-order valence-electron chi connectivity index (χ1n) is 8.85. The Balaban J connectivity index is 1.65. The number of fused-ring (bicyclic) bond motifs is 1. The van der Waals surface area contributed by atoms with Crippen LogP contribution in [0.25, 0.3) is 0 Å². The summed E-state index contributed by atoms with van der Waals surface area (Å²) >= 11 is 0. The molecule has 3 rings (SSSR count). The molecule has 0 bridgehead atoms. The van der Waals surface area contributed by atoms with Crippen LogP contribution in [0.15, 0.2) is 53.4 Å². The van der Waals surface area contributed by atoms with Crippen molar-refractivity contribution in [2.75, 3.05) is 5.75 Å². The van der Waals surface area contributed by atoms with Gasteiger partial charge in [0.25, 0.3) is 0 Å². The van der Waals surface area contributed by atoms with E-state index in [1.807, 2.05) is 6.07 Å². The fraction of sp³-hybridized carbons (Fsp3) is 0.300. The second-order valence-electron chi connectivity index (χ2n) is 6.67. The monoisotopic (exact) mass is 386 g/mol. The van der Waals surface area contributed by atoms with Crippen LogP contribution in [0.5, 0.6) is 0 Å². The van der Waals surface area contributed by atoms with Crippen LogP contribution in [0.2, 0.25) is 0 Å². The van der Waals surface area contributed by atoms with E-state index in [-0.39, 0.29) is 17.1 Å². The number of nitrogens with two attached hydrogens (primary N) is 1. The van der Waals surface area contributed by atoms with Gasteiger partial charge in [-0.2, -0.15) is 0 Å². The minimum Gasteiger partial charge on any atom is -0.368 e. The molecule has 27 heavy (non-hydrogen) atoms. The highest BCUT2D eigenvalue weighted by atomic mass is 32.2. The number of sulfone groups is 1. The molecule has 7 heteroatoms. The smallest absolute Gasteiger partial charge is 0.244 e. The van der Waals surface area contributed by atoms with Crippen LogP contribution in [0.1, 0.15) is 35.6 Å². The summed E-state index contributed by atoms with van der Waals surface area (Å²) in [7, 11) is -3.57. The first kappa shape index (κ1) is 19.1. The number of amides is 2. The molecule has 3 N–H and O–H groups in total. The second-order valence-corrected chi connectivity index (χ2v) is 8.78. The predicted octanol–water partition coefficient (Wildman–Crippen LogP) is 1.68. The number of hydrogen-bond acceptors (Lipinski definition) is 4. The van der Waals surface area contributed by atoms with Gasteiger partial charge in [0.05, 0.1) is 10.6 Å². The first-order chi connectivity index (χ1) is 12.9. The minimum atomic E-state index is -3.57. The summed E-state index contributed by atoms with van der Waals surface area (Å²) in [6, 6.07) is 12.8. The number of carbonyl (C=O) groups is 2. The van der Waals surface area contributed by atoms with E-state index in [9.17, 15) is 18.0 Å². The fourth-order valence-corrected chi connectivity index (χ4v) is 4.57. The zero-order chi connectivity index (χ0) is 19.4. The summed E-state index contributed by atoms with van der Waals surface area (Å²) in [5.74, 6) is -1.55. The van der Waals surface area contributed by atoms with Crippen LogP contribution in [0.3, 0.4) is 0 Å². The maximum Gasteiger partial charge on any atom is 0.244 e. The van der Waals surface area contributed by atoms with Gasteiger partial charge in [-0.3, -0.25) is 9.59 Å². The normalized spacial score (nSPS) is 14.4. The number of benzene rings is 2. The Labute approximate surface area is 158 Å². The lowest BCUT2D eigenvalue weighted by atomic mass is 10.1. The van der Waals surface area contributed by atoms with E-state index >= 15 is 0 Å². The van der Waals surface area contributed by atoms with Crippen molar-refractivity contribution in [3.05, 3.63) is 65.2 Å². The van der Waals surface area contributed by atoms with Crippen LogP contribution in [0, 0.1) is 0 Å². The van der Waals surface area contributed by atoms with Crippen LogP contribution in [0.4, 0.5) is 0 Å². The summed E-state index contributed by atoms with van der Waals surface area (Å²) < 4.78 is 25.1. The van der Waals surface area contributed by atoms with E-state index in [4.69, 9.17) is 5.73 Å². The third-order valence-electron chi connectivity index (χ3n) is 4.75. The Kier molecular flexibility index (Phi) is 5.60. The van der Waals surface area contributed by atoms with E-state index in [0.717, 1.165) is 24.8 Å². The molecule has 0 saturated heterocycles. The molecule has 2 aromatic rings. The summed E-state index contributed by atoms with van der Waals surface area (Å²) in [4.78, 5) is 24.1. The fourth-order valence-electron chi connectivity index (χ4n) is 3.28. The van der Waals surface area contributed by atoms with E-state index in [1.54, 1.807) is 42.5 Å². The lowest BCUT2D eigenvalue weighted by Crippen LogP contribution is -2.38. The van der Waals surface area contributed by atoms with Gasteiger partial charge in [-0.25, -0.2) is 8.42 Å². The number of hydrogen-bond donors (Lipinski definition) is 2. The van der Waals surface area contributed by atoms with Gasteiger partial charge in [0.2, 0.25) is 11.8 Å². The largest absolute Gasteiger partial charge is 0.368 e. The van der Waals surface area contributed by atoms with E-state index < -0.39 is 27.7 Å². The highest BCUT2D eigenvalue weighted by molar-refractivity contribution is 7.91. The van der Waals surface area contributed by atoms with Crippen molar-refractivity contribution in [1.29, 1.82) is 0 Å². The number of carbonyl (C=O) groups excluding carboxylic acids is 2. The molecule has 0 saturated carbocycles. The van der Waals surface area contributed by atoms with E-state index in [0.29, 0.717) is 5.56 Å². The molecule has 0 aromatic heterocycles. The van der Waals surface area contributed by atoms with E-state index in [2.05, 4.69) is 5.32 Å². The third kappa shape index (κ3) is 4.54. The molecule has 0 heterocycles. The molecule has 0 radical (unpaired) electrons. The van der Waals surface area contributed by atoms with Crippen LogP contribution < -0.4 is 11.1 Å². The molecule has 1 atom stereocenters. The quantitative estimate of drug-likeness (QED) is 0.755. The number of primary amides is 1. The first-order valence-corrected chi connectivity index (χ1v) is 10.5. The number of rotatable bonds is 7. The highest BCUT2D eigenvalue weighted by Crippen LogP contribution is 2.25. The Bertz CT molecular complexity index is 955. The summed E-state index contributed by atoms with van der Waals surface area (Å²) in [5.41, 5.74) is 8.19. The molecule has 1 aliphatic rings. The molecular formula is C20H22N2O4S. The summed E-state index contributed by atoms with van der Waals surface area (Å²) in [5, 5.41) is 2.52. The van der Waals surface area contributed by atoms with Crippen molar-refractivity contribution in [2.45, 2.75) is 36.6 Å². The van der Waals surface area contributed by atoms with Gasteiger partial charge in [-0.05, 0) is 48.1 Å². The maximum atomic E-state index is 12.6. The van der Waals surface area contributed by atoms with Crippen molar-refractivity contribution >= 4 is 21.7 Å². The van der Waals surface area contributed by atoms with Crippen molar-refractivity contribution < 1.29 is 18.0 Å². The third-order valence-corrected chi connectivity index (χ3v) is 6.46. The van der Waals surface area contributed by atoms with Crippen molar-refractivity contribution in [2.24, 2.45) is 5.73 Å². The SMILES string of the molecule is NC(=O)C(NC(=O)CCS(=O)(=O)c1ccc2c(c1)CCC2)c1ccccc1. The van der Waals surface area contributed by atoms with Crippen molar-refractivity contribution in [3.63, 3.8) is 0 Å². The zero-order valence-corrected chi connectivity index (χ0v) is 15.7. The molecule has 0 fully saturated rings. The Morgan fingerprint density at radius 1 is 1.04 bits per heavy atom. The zero-order valence-electron chi connectivity index (χ0n) is 14.9. The van der Waals surface area contributed by atoms with Crippen LogP contribution in [-0.4, -0.2) is 26.0 Å². The molecule has 0 aliphatic heterocycles. The highest BCUT2D eigenvalue weighted by Gasteiger charge is 2.23. The van der Waals surface area contributed by atoms with Crippen molar-refractivity contribution in [3.8, 4) is 0 Å². The molecule has 2 aromatic carbocycles. The van der Waals surface area contributed by atoms with Gasteiger partial charge in [-0.15, -0.1) is 0 Å². The Morgan fingerprint density at radius 2 is 1.74 bits per heavy atom. The topological polar surface area (TPSA) is 106 Å². The van der Waals surface area contributed by atoms with Gasteiger partial charge < -0.3 is 11.1 Å². The summed E-state index contributed by atoms with van der Waals surface area (Å²) in [6.45, 7) is 0. The number of nitrogens with one attached hydrogen (secondary N) is 1. The lowest BCUT2D eigenvalue weighted by Gasteiger charge is -2.16. The average Bonchev–Trinajstić information content (AvgIpc) is 3.13. The van der Waals surface area contributed by atoms with Gasteiger partial charge in [0, 0.05) is 6.42 Å². The second kappa shape index (κ2) is 7.92. The van der Waals surface area contributed by atoms with Gasteiger partial charge >= 0.3 is 0 Å². The molecule has 1 unspecified atom stereocenters. The molecular weight excluding hydrogens is 364 g/mol. The molecule has 0 spiro atoms. The maximum absolute atomic E-state index is 12.6. The van der Waals surface area contributed by atoms with Crippen LogP contribution in [-0.2, 0) is 32.3 Å². The Morgan fingerprint density at radius 3 is 2.44 bits per heavy atom. The van der Waals surface area contributed by atoms with Gasteiger partial charge in [0.15, 0.2) is 9.84 Å². The standard InChI is InChI=1S/C20H22N2O4S/c21-20(24)19(15-5-2-1-3-6-15)22-18(23)11-12-27(25,26)17-10-9-14-7-4-8-16(14)13-17/h1-3,5-6,9-10,13,19H,4,7-8,11-12H2,(H2,21,24)(H,22,23). The van der Waals surface area contributed by atoms with Gasteiger partial charge in [0.1, 0.15) is 6.04 Å². The molecule has 1 aliphatic carbocycles. The van der Waals surface area contributed by atoms with E-state index in [1.165, 1.54) is 5.56 Å². The Hall–Kier alpha value is -2.67. The van der Waals surface area contributed by atoms with Crippen molar-refractivity contribution in [1.82, 2.24) is 5.32 Å². The number of aryl methyl sites for hydroxylation is 2. The van der Waals surface area contributed by atoms with Crippen LogP contribution >= 0.6 is 0 Å². The molecule has 6 nitrogen and oxygen atoms in total. The molecule has 2 amide bonds. The minimum absolute atomic E-state index is 0.240. The summed E-state index contributed by atoms with van der Waals surface area (Å²) in [6.07, 6.45) is 2.66. The van der Waals surface area contributed by atoms with Gasteiger partial charge in [-0.1, -0.05) is 36.4 Å². The predicted molar refractivity (Wildman–Crippen MR) is 102 cm³/mol.